The van der Waals surface area contributed by atoms with Crippen LogP contribution in [0.4, 0.5) is 5.69 Å². The van der Waals surface area contributed by atoms with E-state index in [4.69, 9.17) is 5.73 Å². The summed E-state index contributed by atoms with van der Waals surface area (Å²) in [6, 6.07) is 4.46. The highest BCUT2D eigenvalue weighted by molar-refractivity contribution is 5.55. The number of rotatable bonds is 3. The molecular weight excluding hydrogens is 158 g/mol. The minimum Gasteiger partial charge on any atom is -0.398 e. The molecule has 0 aliphatic carbocycles. The molecule has 0 aliphatic heterocycles. The Hall–Kier alpha value is -0.980. The van der Waals surface area contributed by atoms with Gasteiger partial charge < -0.3 is 5.73 Å². The molecule has 1 nitrogen and oxygen atoms in total. The first-order valence-corrected chi connectivity index (χ1v) is 5.13. The Morgan fingerprint density at radius 3 is 1.69 bits per heavy atom. The summed E-state index contributed by atoms with van der Waals surface area (Å²) in [5.41, 5.74) is 11.0. The van der Waals surface area contributed by atoms with Gasteiger partial charge in [0.2, 0.25) is 0 Å². The minimum atomic E-state index is 1.00. The van der Waals surface area contributed by atoms with Crippen LogP contribution in [0, 0.1) is 0 Å². The van der Waals surface area contributed by atoms with Gasteiger partial charge in [0, 0.05) is 5.69 Å². The highest BCUT2D eigenvalue weighted by Gasteiger charge is 2.04. The highest BCUT2D eigenvalue weighted by atomic mass is 14.6. The van der Waals surface area contributed by atoms with Crippen molar-refractivity contribution in [2.45, 2.75) is 40.0 Å². The molecule has 0 spiro atoms. The molecule has 1 heteroatoms. The third-order valence-electron chi connectivity index (χ3n) is 2.58. The zero-order valence-electron chi connectivity index (χ0n) is 8.85. The van der Waals surface area contributed by atoms with E-state index < -0.39 is 0 Å². The number of benzene rings is 1. The maximum Gasteiger partial charge on any atom is 0.0379 e. The van der Waals surface area contributed by atoms with Crippen LogP contribution in [-0.2, 0) is 19.3 Å². The van der Waals surface area contributed by atoms with Gasteiger partial charge in [0.15, 0.2) is 0 Å². The molecule has 0 atom stereocenters. The normalized spacial score (nSPS) is 10.4. The van der Waals surface area contributed by atoms with Crippen LogP contribution in [0.5, 0.6) is 0 Å². The molecule has 1 aromatic carbocycles. The summed E-state index contributed by atoms with van der Waals surface area (Å²) in [7, 11) is 0. The van der Waals surface area contributed by atoms with Crippen LogP contribution in [0.3, 0.4) is 0 Å². The molecule has 1 rings (SSSR count). The Morgan fingerprint density at radius 1 is 0.923 bits per heavy atom. The van der Waals surface area contributed by atoms with E-state index in [1.54, 1.807) is 0 Å². The van der Waals surface area contributed by atoms with Crippen molar-refractivity contribution in [1.29, 1.82) is 0 Å². The first kappa shape index (κ1) is 10.1. The van der Waals surface area contributed by atoms with E-state index in [0.29, 0.717) is 0 Å². The predicted molar refractivity (Wildman–Crippen MR) is 59.0 cm³/mol. The van der Waals surface area contributed by atoms with Gasteiger partial charge in [-0.3, -0.25) is 0 Å². The van der Waals surface area contributed by atoms with Crippen LogP contribution in [0.2, 0.25) is 0 Å². The van der Waals surface area contributed by atoms with E-state index >= 15 is 0 Å². The SMILES string of the molecule is CCc1cc(CC)c(N)c(CC)c1. The second-order valence-corrected chi connectivity index (χ2v) is 3.39. The molecule has 0 saturated carbocycles. The summed E-state index contributed by atoms with van der Waals surface area (Å²) in [4.78, 5) is 0. The van der Waals surface area contributed by atoms with Crippen LogP contribution in [0.1, 0.15) is 37.5 Å². The van der Waals surface area contributed by atoms with Crippen LogP contribution in [0.25, 0.3) is 0 Å². The van der Waals surface area contributed by atoms with Gasteiger partial charge in [0.05, 0.1) is 0 Å². The van der Waals surface area contributed by atoms with Crippen molar-refractivity contribution < 1.29 is 0 Å². The van der Waals surface area contributed by atoms with E-state index in [1.165, 1.54) is 16.7 Å². The second kappa shape index (κ2) is 4.31. The smallest absolute Gasteiger partial charge is 0.0379 e. The lowest BCUT2D eigenvalue weighted by atomic mass is 9.98. The van der Waals surface area contributed by atoms with Crippen molar-refractivity contribution in [2.75, 3.05) is 5.73 Å². The van der Waals surface area contributed by atoms with Gasteiger partial charge in [-0.15, -0.1) is 0 Å². The minimum absolute atomic E-state index is 1.00. The standard InChI is InChI=1S/C12H19N/c1-4-9-7-10(5-2)12(13)11(6-3)8-9/h7-8H,4-6,13H2,1-3H3. The lowest BCUT2D eigenvalue weighted by Gasteiger charge is -2.10. The monoisotopic (exact) mass is 177 g/mol. The quantitative estimate of drug-likeness (QED) is 0.706. The average molecular weight is 177 g/mol. The largest absolute Gasteiger partial charge is 0.398 e. The zero-order chi connectivity index (χ0) is 9.84. The topological polar surface area (TPSA) is 26.0 Å². The van der Waals surface area contributed by atoms with Crippen molar-refractivity contribution in [1.82, 2.24) is 0 Å². The molecule has 0 aromatic heterocycles. The maximum atomic E-state index is 6.03. The van der Waals surface area contributed by atoms with Gasteiger partial charge in [-0.05, 0) is 36.0 Å². The number of hydrogen-bond acceptors (Lipinski definition) is 1. The van der Waals surface area contributed by atoms with Crippen molar-refractivity contribution >= 4 is 5.69 Å². The molecule has 2 N–H and O–H groups in total. The molecule has 0 unspecified atom stereocenters. The molecule has 1 aromatic rings. The molecule has 0 aliphatic rings. The van der Waals surface area contributed by atoms with E-state index in [2.05, 4.69) is 32.9 Å². The summed E-state index contributed by atoms with van der Waals surface area (Å²) < 4.78 is 0. The van der Waals surface area contributed by atoms with Gasteiger partial charge in [0.1, 0.15) is 0 Å². The van der Waals surface area contributed by atoms with Crippen molar-refractivity contribution in [3.63, 3.8) is 0 Å². The lowest BCUT2D eigenvalue weighted by molar-refractivity contribution is 1.05. The Morgan fingerprint density at radius 2 is 1.38 bits per heavy atom. The van der Waals surface area contributed by atoms with E-state index in [-0.39, 0.29) is 0 Å². The predicted octanol–water partition coefficient (Wildman–Crippen LogP) is 2.96. The summed E-state index contributed by atoms with van der Waals surface area (Å²) in [6.45, 7) is 6.50. The average Bonchev–Trinajstić information content (AvgIpc) is 2.18. The third kappa shape index (κ3) is 2.03. The first-order valence-electron chi connectivity index (χ1n) is 5.13. The summed E-state index contributed by atoms with van der Waals surface area (Å²) >= 11 is 0. The molecule has 0 amide bonds. The van der Waals surface area contributed by atoms with Crippen molar-refractivity contribution in [3.8, 4) is 0 Å². The van der Waals surface area contributed by atoms with Crippen LogP contribution >= 0.6 is 0 Å². The Kier molecular flexibility index (Phi) is 3.35. The van der Waals surface area contributed by atoms with E-state index in [1.807, 2.05) is 0 Å². The van der Waals surface area contributed by atoms with Crippen LogP contribution in [-0.4, -0.2) is 0 Å². The highest BCUT2D eigenvalue weighted by Crippen LogP contribution is 2.21. The molecule has 72 valence electrons. The summed E-state index contributed by atoms with van der Waals surface area (Å²) in [6.07, 6.45) is 3.17. The Bertz CT molecular complexity index is 264. The molecule has 0 saturated heterocycles. The van der Waals surface area contributed by atoms with Crippen molar-refractivity contribution in [2.24, 2.45) is 0 Å². The molecule has 13 heavy (non-hydrogen) atoms. The molecule has 0 radical (unpaired) electrons. The van der Waals surface area contributed by atoms with Gasteiger partial charge in [0.25, 0.3) is 0 Å². The fourth-order valence-corrected chi connectivity index (χ4v) is 1.64. The molecule has 0 heterocycles. The van der Waals surface area contributed by atoms with Gasteiger partial charge >= 0.3 is 0 Å². The third-order valence-corrected chi connectivity index (χ3v) is 2.58. The first-order chi connectivity index (χ1) is 6.22. The number of anilines is 1. The zero-order valence-corrected chi connectivity index (χ0v) is 8.85. The number of aryl methyl sites for hydroxylation is 3. The lowest BCUT2D eigenvalue weighted by Crippen LogP contribution is -2.00. The number of hydrogen-bond donors (Lipinski definition) is 1. The molecular formula is C12H19N. The van der Waals surface area contributed by atoms with Crippen LogP contribution in [0.15, 0.2) is 12.1 Å². The van der Waals surface area contributed by atoms with Gasteiger partial charge in [-0.1, -0.05) is 32.9 Å². The summed E-state index contributed by atoms with van der Waals surface area (Å²) in [5.74, 6) is 0. The number of nitrogen functional groups attached to an aromatic ring is 1. The molecule has 0 fully saturated rings. The van der Waals surface area contributed by atoms with E-state index in [0.717, 1.165) is 24.9 Å². The molecule has 0 bridgehead atoms. The Labute approximate surface area is 81.0 Å². The van der Waals surface area contributed by atoms with E-state index in [9.17, 15) is 0 Å². The maximum absolute atomic E-state index is 6.03. The van der Waals surface area contributed by atoms with Crippen molar-refractivity contribution in [3.05, 3.63) is 28.8 Å². The van der Waals surface area contributed by atoms with Gasteiger partial charge in [-0.25, -0.2) is 0 Å². The fraction of sp³-hybridized carbons (Fsp3) is 0.500. The number of nitrogens with two attached hydrogens (primary N) is 1. The summed E-state index contributed by atoms with van der Waals surface area (Å²) in [5, 5.41) is 0. The van der Waals surface area contributed by atoms with Gasteiger partial charge in [-0.2, -0.15) is 0 Å². The second-order valence-electron chi connectivity index (χ2n) is 3.39. The van der Waals surface area contributed by atoms with Crippen LogP contribution < -0.4 is 5.73 Å². The Balaban J connectivity index is 3.20. The fourth-order valence-electron chi connectivity index (χ4n) is 1.64.